The summed E-state index contributed by atoms with van der Waals surface area (Å²) >= 11 is 0. The summed E-state index contributed by atoms with van der Waals surface area (Å²) in [5.41, 5.74) is -0.0123. The van der Waals surface area contributed by atoms with Gasteiger partial charge in [-0.2, -0.15) is 0 Å². The molecule has 0 saturated heterocycles. The summed E-state index contributed by atoms with van der Waals surface area (Å²) in [4.78, 5) is 29.9. The summed E-state index contributed by atoms with van der Waals surface area (Å²) in [6.45, 7) is 3.17. The first-order valence-electron chi connectivity index (χ1n) is 9.25. The molecule has 1 aromatic heterocycles. The van der Waals surface area contributed by atoms with Crippen molar-refractivity contribution in [2.24, 2.45) is 5.92 Å². The number of carbonyl (C=O) groups is 1. The number of hydrogen-bond donors (Lipinski definition) is 2. The van der Waals surface area contributed by atoms with Crippen molar-refractivity contribution in [1.29, 1.82) is 0 Å². The number of hydrogen-bond acceptors (Lipinski definition) is 7. The Hall–Kier alpha value is -2.42. The van der Waals surface area contributed by atoms with Gasteiger partial charge in [0.2, 0.25) is 5.82 Å². The van der Waals surface area contributed by atoms with E-state index in [2.05, 4.69) is 22.5 Å². The summed E-state index contributed by atoms with van der Waals surface area (Å²) in [6, 6.07) is 1.40. The molecular formula is C18H29N5O4. The third kappa shape index (κ3) is 5.29. The van der Waals surface area contributed by atoms with Gasteiger partial charge in [-0.1, -0.05) is 6.92 Å². The van der Waals surface area contributed by atoms with Crippen LogP contribution in [-0.4, -0.2) is 56.2 Å². The van der Waals surface area contributed by atoms with Gasteiger partial charge in [0.25, 0.3) is 5.91 Å². The van der Waals surface area contributed by atoms with Crippen LogP contribution >= 0.6 is 0 Å². The molecular weight excluding hydrogens is 350 g/mol. The number of nitro groups is 1. The zero-order valence-corrected chi connectivity index (χ0v) is 16.4. The highest BCUT2D eigenvalue weighted by Gasteiger charge is 2.27. The molecule has 0 aliphatic heterocycles. The molecule has 1 saturated carbocycles. The molecule has 27 heavy (non-hydrogen) atoms. The van der Waals surface area contributed by atoms with Crippen molar-refractivity contribution in [2.45, 2.75) is 38.6 Å². The van der Waals surface area contributed by atoms with Gasteiger partial charge in [0.05, 0.1) is 17.1 Å². The Labute approximate surface area is 159 Å². The third-order valence-corrected chi connectivity index (χ3v) is 5.00. The van der Waals surface area contributed by atoms with Gasteiger partial charge in [0.1, 0.15) is 5.82 Å². The van der Waals surface area contributed by atoms with Gasteiger partial charge in [-0.05, 0) is 31.6 Å². The molecule has 1 aromatic rings. The van der Waals surface area contributed by atoms with Gasteiger partial charge in [-0.3, -0.25) is 14.9 Å². The second kappa shape index (κ2) is 9.50. The average Bonchev–Trinajstić information content (AvgIpc) is 2.66. The fourth-order valence-electron chi connectivity index (χ4n) is 3.28. The monoisotopic (exact) mass is 379 g/mol. The highest BCUT2D eigenvalue weighted by Crippen LogP contribution is 2.30. The van der Waals surface area contributed by atoms with Crippen LogP contribution in [0, 0.1) is 16.0 Å². The van der Waals surface area contributed by atoms with E-state index in [1.54, 1.807) is 26.1 Å². The minimum atomic E-state index is -0.531. The number of carbonyl (C=O) groups excluding carboxylic acids is 1. The maximum Gasteiger partial charge on any atom is 0.312 e. The van der Waals surface area contributed by atoms with E-state index in [0.717, 1.165) is 25.7 Å². The summed E-state index contributed by atoms with van der Waals surface area (Å²) in [5.74, 6) is 0.865. The standard InChI is InChI=1S/C18H29N5O4/c1-12-5-7-13(8-6-12)20-18(24)14-11-15(23(25)26)16(19-2)21-17(14)22(3)9-10-27-4/h11-13H,5-10H2,1-4H3,(H,19,21)(H,20,24)/t12-,13-. The predicted octanol–water partition coefficient (Wildman–Crippen LogP) is 2.42. The highest BCUT2D eigenvalue weighted by molar-refractivity contribution is 6.00. The lowest BCUT2D eigenvalue weighted by Crippen LogP contribution is -2.38. The van der Waals surface area contributed by atoms with Gasteiger partial charge in [0.15, 0.2) is 0 Å². The van der Waals surface area contributed by atoms with Crippen LogP contribution in [0.25, 0.3) is 0 Å². The summed E-state index contributed by atoms with van der Waals surface area (Å²) in [7, 11) is 4.94. The van der Waals surface area contributed by atoms with Crippen molar-refractivity contribution in [3.63, 3.8) is 0 Å². The first-order chi connectivity index (χ1) is 12.9. The Morgan fingerprint density at radius 1 is 1.41 bits per heavy atom. The Bertz CT molecular complexity index is 674. The van der Waals surface area contributed by atoms with E-state index in [9.17, 15) is 14.9 Å². The smallest absolute Gasteiger partial charge is 0.312 e. The molecule has 1 aliphatic rings. The molecule has 0 aromatic carbocycles. The maximum atomic E-state index is 12.9. The van der Waals surface area contributed by atoms with Gasteiger partial charge in [0, 0.05) is 39.9 Å². The zero-order valence-electron chi connectivity index (χ0n) is 16.4. The van der Waals surface area contributed by atoms with E-state index in [4.69, 9.17) is 4.74 Å². The summed E-state index contributed by atoms with van der Waals surface area (Å²) < 4.78 is 5.09. The SMILES string of the molecule is CNc1nc(N(C)CCOC)c(C(=O)N[C@H]2CC[C@H](C)CC2)cc1[N+](=O)[O-]. The van der Waals surface area contributed by atoms with Gasteiger partial charge in [-0.25, -0.2) is 4.98 Å². The van der Waals surface area contributed by atoms with E-state index in [1.165, 1.54) is 6.07 Å². The first kappa shape index (κ1) is 20.9. The predicted molar refractivity (Wildman–Crippen MR) is 104 cm³/mol. The zero-order chi connectivity index (χ0) is 20.0. The summed E-state index contributed by atoms with van der Waals surface area (Å²) in [6.07, 6.45) is 3.99. The molecule has 1 aliphatic carbocycles. The number of nitrogens with one attached hydrogen (secondary N) is 2. The molecule has 1 amide bonds. The largest absolute Gasteiger partial charge is 0.383 e. The van der Waals surface area contributed by atoms with E-state index in [0.29, 0.717) is 24.9 Å². The molecule has 0 bridgehead atoms. The molecule has 9 nitrogen and oxygen atoms in total. The molecule has 2 rings (SSSR count). The lowest BCUT2D eigenvalue weighted by atomic mass is 9.87. The molecule has 0 unspecified atom stereocenters. The normalized spacial score (nSPS) is 19.4. The highest BCUT2D eigenvalue weighted by atomic mass is 16.6. The second-order valence-electron chi connectivity index (χ2n) is 7.08. The van der Waals surface area contributed by atoms with Crippen LogP contribution in [-0.2, 0) is 4.74 Å². The molecule has 0 radical (unpaired) electrons. The number of rotatable bonds is 8. The lowest BCUT2D eigenvalue weighted by molar-refractivity contribution is -0.384. The topological polar surface area (TPSA) is 110 Å². The van der Waals surface area contributed by atoms with Crippen molar-refractivity contribution in [3.05, 3.63) is 21.7 Å². The second-order valence-corrected chi connectivity index (χ2v) is 7.08. The first-order valence-corrected chi connectivity index (χ1v) is 9.25. The number of likely N-dealkylation sites (N-methyl/N-ethyl adjacent to an activating group) is 1. The number of pyridine rings is 1. The minimum Gasteiger partial charge on any atom is -0.383 e. The molecule has 0 spiro atoms. The van der Waals surface area contributed by atoms with Gasteiger partial charge >= 0.3 is 5.69 Å². The number of methoxy groups -OCH3 is 1. The van der Waals surface area contributed by atoms with E-state index < -0.39 is 4.92 Å². The number of aromatic nitrogens is 1. The van der Waals surface area contributed by atoms with Crippen molar-refractivity contribution in [1.82, 2.24) is 10.3 Å². The molecule has 1 heterocycles. The van der Waals surface area contributed by atoms with Crippen molar-refractivity contribution >= 4 is 23.2 Å². The van der Waals surface area contributed by atoms with Crippen LogP contribution in [0.4, 0.5) is 17.3 Å². The van der Waals surface area contributed by atoms with E-state index >= 15 is 0 Å². The van der Waals surface area contributed by atoms with Crippen molar-refractivity contribution in [3.8, 4) is 0 Å². The molecule has 2 N–H and O–H groups in total. The lowest BCUT2D eigenvalue weighted by Gasteiger charge is -2.28. The van der Waals surface area contributed by atoms with Crippen molar-refractivity contribution in [2.75, 3.05) is 44.6 Å². The Morgan fingerprint density at radius 2 is 2.07 bits per heavy atom. The maximum absolute atomic E-state index is 12.9. The van der Waals surface area contributed by atoms with E-state index in [-0.39, 0.29) is 29.0 Å². The quantitative estimate of drug-likeness (QED) is 0.527. The van der Waals surface area contributed by atoms with Gasteiger partial charge < -0.3 is 20.3 Å². The third-order valence-electron chi connectivity index (χ3n) is 5.00. The van der Waals surface area contributed by atoms with Crippen LogP contribution in [0.15, 0.2) is 6.07 Å². The van der Waals surface area contributed by atoms with Crippen LogP contribution < -0.4 is 15.5 Å². The summed E-state index contributed by atoms with van der Waals surface area (Å²) in [5, 5.41) is 17.2. The Morgan fingerprint density at radius 3 is 2.63 bits per heavy atom. The van der Waals surface area contributed by atoms with Gasteiger partial charge in [-0.15, -0.1) is 0 Å². The number of amides is 1. The van der Waals surface area contributed by atoms with Crippen LogP contribution in [0.2, 0.25) is 0 Å². The average molecular weight is 379 g/mol. The Kier molecular flexibility index (Phi) is 7.35. The number of ether oxygens (including phenoxy) is 1. The van der Waals surface area contributed by atoms with Crippen LogP contribution in [0.3, 0.4) is 0 Å². The minimum absolute atomic E-state index is 0.0915. The van der Waals surface area contributed by atoms with E-state index in [1.807, 2.05) is 0 Å². The Balaban J connectivity index is 2.33. The van der Waals surface area contributed by atoms with Crippen LogP contribution in [0.5, 0.6) is 0 Å². The fourth-order valence-corrected chi connectivity index (χ4v) is 3.28. The fraction of sp³-hybridized carbons (Fsp3) is 0.667. The number of nitrogens with zero attached hydrogens (tertiary/aromatic N) is 3. The molecule has 9 heteroatoms. The molecule has 0 atom stereocenters. The number of anilines is 2. The molecule has 1 fully saturated rings. The molecule has 150 valence electrons. The van der Waals surface area contributed by atoms with Crippen molar-refractivity contribution < 1.29 is 14.5 Å². The van der Waals surface area contributed by atoms with Crippen LogP contribution in [0.1, 0.15) is 43.0 Å².